The van der Waals surface area contributed by atoms with E-state index in [4.69, 9.17) is 9.47 Å². The van der Waals surface area contributed by atoms with Gasteiger partial charge in [-0.2, -0.15) is 0 Å². The van der Waals surface area contributed by atoms with Crippen molar-refractivity contribution in [1.29, 1.82) is 0 Å². The number of hydrogen-bond donors (Lipinski definition) is 1. The fourth-order valence-electron chi connectivity index (χ4n) is 2.51. The summed E-state index contributed by atoms with van der Waals surface area (Å²) < 4.78 is 10.5. The van der Waals surface area contributed by atoms with Crippen LogP contribution >= 0.6 is 11.3 Å². The number of nitrogens with zero attached hydrogens (tertiary/aromatic N) is 1. The highest BCUT2D eigenvalue weighted by Crippen LogP contribution is 2.24. The van der Waals surface area contributed by atoms with Crippen molar-refractivity contribution < 1.29 is 14.3 Å². The lowest BCUT2D eigenvalue weighted by Crippen LogP contribution is -2.35. The molecule has 122 valence electrons. The summed E-state index contributed by atoms with van der Waals surface area (Å²) in [6.45, 7) is 1.28. The third kappa shape index (κ3) is 4.09. The fourth-order valence-corrected chi connectivity index (χ4v) is 3.32. The van der Waals surface area contributed by atoms with Gasteiger partial charge in [-0.25, -0.2) is 4.98 Å². The number of nitrogens with one attached hydrogen (secondary N) is 1. The highest BCUT2D eigenvalue weighted by molar-refractivity contribution is 7.09. The third-order valence-electron chi connectivity index (χ3n) is 3.80. The number of carbonyl (C=O) groups is 1. The van der Waals surface area contributed by atoms with E-state index in [9.17, 15) is 4.79 Å². The van der Waals surface area contributed by atoms with Gasteiger partial charge in [0.1, 0.15) is 11.9 Å². The summed E-state index contributed by atoms with van der Waals surface area (Å²) in [6.07, 6.45) is 2.26. The highest BCUT2D eigenvalue weighted by Gasteiger charge is 2.22. The summed E-state index contributed by atoms with van der Waals surface area (Å²) in [5, 5.41) is 5.98. The molecular weight excluding hydrogens is 312 g/mol. The lowest BCUT2D eigenvalue weighted by atomic mass is 10.2. The van der Waals surface area contributed by atoms with Gasteiger partial charge in [-0.05, 0) is 37.1 Å². The molecule has 1 aromatic heterocycles. The molecule has 0 spiro atoms. The molecule has 2 aromatic rings. The predicted octanol–water partition coefficient (Wildman–Crippen LogP) is 2.66. The Morgan fingerprint density at radius 3 is 2.96 bits per heavy atom. The van der Waals surface area contributed by atoms with Gasteiger partial charge in [0.25, 0.3) is 0 Å². The number of rotatable bonds is 6. The molecule has 1 N–H and O–H groups in total. The van der Waals surface area contributed by atoms with Crippen LogP contribution in [0.1, 0.15) is 17.8 Å². The topological polar surface area (TPSA) is 60.5 Å². The van der Waals surface area contributed by atoms with E-state index in [2.05, 4.69) is 10.3 Å². The molecule has 1 amide bonds. The number of hydrogen-bond acceptors (Lipinski definition) is 5. The maximum atomic E-state index is 11.9. The maximum absolute atomic E-state index is 11.9. The summed E-state index contributed by atoms with van der Waals surface area (Å²) in [5.41, 5.74) is 2.02. The second-order valence-corrected chi connectivity index (χ2v) is 6.34. The molecule has 2 heterocycles. The minimum atomic E-state index is -0.263. The van der Waals surface area contributed by atoms with Crippen molar-refractivity contribution >= 4 is 17.2 Å². The second-order valence-electron chi connectivity index (χ2n) is 5.40. The van der Waals surface area contributed by atoms with Crippen LogP contribution in [0.5, 0.6) is 5.75 Å². The van der Waals surface area contributed by atoms with Gasteiger partial charge in [0, 0.05) is 30.5 Å². The van der Waals surface area contributed by atoms with Gasteiger partial charge in [-0.1, -0.05) is 0 Å². The molecule has 1 aliphatic rings. The third-order valence-corrected chi connectivity index (χ3v) is 4.71. The first-order chi connectivity index (χ1) is 11.3. The Labute approximate surface area is 139 Å². The molecule has 0 radical (unpaired) electrons. The number of aromatic nitrogens is 1. The van der Waals surface area contributed by atoms with Gasteiger partial charge < -0.3 is 14.8 Å². The summed E-state index contributed by atoms with van der Waals surface area (Å²) in [7, 11) is 1.65. The monoisotopic (exact) mass is 332 g/mol. The standard InChI is InChI=1S/C17H20N2O3S/c1-21-13-6-4-12(5-7-13)14-11-23-16(19-14)8-9-18-17(20)15-3-2-10-22-15/h4-7,11,15H,2-3,8-10H2,1H3,(H,18,20)/t15-/m0/s1. The Kier molecular flexibility index (Phi) is 5.25. The predicted molar refractivity (Wildman–Crippen MR) is 89.8 cm³/mol. The molecule has 1 aromatic carbocycles. The quantitative estimate of drug-likeness (QED) is 0.883. The number of thiazole rings is 1. The molecule has 0 aliphatic carbocycles. The molecular formula is C17H20N2O3S. The molecule has 5 nitrogen and oxygen atoms in total. The van der Waals surface area contributed by atoms with Crippen molar-refractivity contribution in [3.8, 4) is 17.0 Å². The summed E-state index contributed by atoms with van der Waals surface area (Å²) in [6, 6.07) is 7.85. The van der Waals surface area contributed by atoms with E-state index in [0.717, 1.165) is 41.3 Å². The van der Waals surface area contributed by atoms with Crippen LogP contribution in [0.25, 0.3) is 11.3 Å². The van der Waals surface area contributed by atoms with Gasteiger partial charge in [0.2, 0.25) is 5.91 Å². The summed E-state index contributed by atoms with van der Waals surface area (Å²) in [4.78, 5) is 16.5. The Morgan fingerprint density at radius 2 is 2.26 bits per heavy atom. The van der Waals surface area contributed by atoms with Crippen LogP contribution < -0.4 is 10.1 Å². The van der Waals surface area contributed by atoms with Gasteiger partial charge in [-0.15, -0.1) is 11.3 Å². The van der Waals surface area contributed by atoms with Crippen LogP contribution in [-0.4, -0.2) is 37.3 Å². The van der Waals surface area contributed by atoms with Crippen molar-refractivity contribution in [2.24, 2.45) is 0 Å². The van der Waals surface area contributed by atoms with E-state index < -0.39 is 0 Å². The van der Waals surface area contributed by atoms with E-state index in [-0.39, 0.29) is 12.0 Å². The van der Waals surface area contributed by atoms with Crippen molar-refractivity contribution in [3.05, 3.63) is 34.7 Å². The summed E-state index contributed by atoms with van der Waals surface area (Å²) >= 11 is 1.61. The van der Waals surface area contributed by atoms with Gasteiger partial charge in [0.15, 0.2) is 0 Å². The largest absolute Gasteiger partial charge is 0.497 e. The first-order valence-corrected chi connectivity index (χ1v) is 8.62. The highest BCUT2D eigenvalue weighted by atomic mass is 32.1. The minimum absolute atomic E-state index is 0.00515. The number of amides is 1. The number of ether oxygens (including phenoxy) is 2. The van der Waals surface area contributed by atoms with Crippen molar-refractivity contribution in [1.82, 2.24) is 10.3 Å². The summed E-state index contributed by atoms with van der Waals surface area (Å²) in [5.74, 6) is 0.829. The van der Waals surface area contributed by atoms with Crippen LogP contribution in [0.3, 0.4) is 0 Å². The molecule has 23 heavy (non-hydrogen) atoms. The maximum Gasteiger partial charge on any atom is 0.249 e. The molecule has 0 bridgehead atoms. The van der Waals surface area contributed by atoms with Gasteiger partial charge in [-0.3, -0.25) is 4.79 Å². The molecule has 1 atom stereocenters. The zero-order valence-corrected chi connectivity index (χ0v) is 13.9. The molecule has 1 aliphatic heterocycles. The molecule has 1 saturated heterocycles. The van der Waals surface area contributed by atoms with E-state index in [1.165, 1.54) is 0 Å². The number of methoxy groups -OCH3 is 1. The van der Waals surface area contributed by atoms with Crippen LogP contribution in [0.2, 0.25) is 0 Å². The Bertz CT molecular complexity index is 648. The van der Waals surface area contributed by atoms with E-state index >= 15 is 0 Å². The SMILES string of the molecule is COc1ccc(-c2csc(CCNC(=O)[C@@H]3CCCO3)n2)cc1. The van der Waals surface area contributed by atoms with Crippen LogP contribution in [0, 0.1) is 0 Å². The van der Waals surface area contributed by atoms with Crippen molar-refractivity contribution in [2.75, 3.05) is 20.3 Å². The van der Waals surface area contributed by atoms with Crippen molar-refractivity contribution in [3.63, 3.8) is 0 Å². The Morgan fingerprint density at radius 1 is 1.43 bits per heavy atom. The molecule has 0 unspecified atom stereocenters. The zero-order chi connectivity index (χ0) is 16.1. The molecule has 6 heteroatoms. The molecule has 0 saturated carbocycles. The van der Waals surface area contributed by atoms with Gasteiger partial charge >= 0.3 is 0 Å². The first-order valence-electron chi connectivity index (χ1n) is 7.74. The average Bonchev–Trinajstić information content (AvgIpc) is 3.27. The average molecular weight is 332 g/mol. The van der Waals surface area contributed by atoms with E-state index in [0.29, 0.717) is 13.2 Å². The molecule has 3 rings (SSSR count). The molecule has 1 fully saturated rings. The first kappa shape index (κ1) is 16.0. The lowest BCUT2D eigenvalue weighted by Gasteiger charge is -2.09. The lowest BCUT2D eigenvalue weighted by molar-refractivity contribution is -0.129. The van der Waals surface area contributed by atoms with Crippen LogP contribution in [0.4, 0.5) is 0 Å². The van der Waals surface area contributed by atoms with E-state index in [1.54, 1.807) is 18.4 Å². The van der Waals surface area contributed by atoms with Crippen LogP contribution in [0.15, 0.2) is 29.6 Å². The fraction of sp³-hybridized carbons (Fsp3) is 0.412. The Hall–Kier alpha value is -1.92. The zero-order valence-electron chi connectivity index (χ0n) is 13.1. The number of carbonyl (C=O) groups excluding carboxylic acids is 1. The Balaban J connectivity index is 1.51. The second kappa shape index (κ2) is 7.57. The smallest absolute Gasteiger partial charge is 0.249 e. The minimum Gasteiger partial charge on any atom is -0.497 e. The van der Waals surface area contributed by atoms with Crippen LogP contribution in [-0.2, 0) is 16.0 Å². The normalized spacial score (nSPS) is 17.2. The van der Waals surface area contributed by atoms with Crippen molar-refractivity contribution in [2.45, 2.75) is 25.4 Å². The number of benzene rings is 1. The van der Waals surface area contributed by atoms with E-state index in [1.807, 2.05) is 29.6 Å². The van der Waals surface area contributed by atoms with Gasteiger partial charge in [0.05, 0.1) is 17.8 Å².